The molecule has 2 fully saturated rings. The molecule has 18 heavy (non-hydrogen) atoms. The minimum Gasteiger partial charge on any atom is -0.385 e. The lowest BCUT2D eigenvalue weighted by Crippen LogP contribution is -2.45. The third-order valence-corrected chi connectivity index (χ3v) is 3.84. The van der Waals surface area contributed by atoms with E-state index >= 15 is 0 Å². The number of hydrogen-bond donors (Lipinski definition) is 1. The lowest BCUT2D eigenvalue weighted by molar-refractivity contribution is -0.133. The van der Waals surface area contributed by atoms with Gasteiger partial charge in [0, 0.05) is 26.8 Å². The maximum Gasteiger partial charge on any atom is 0.239 e. The average Bonchev–Trinajstić information content (AvgIpc) is 3.22. The van der Waals surface area contributed by atoms with E-state index < -0.39 is 0 Å². The van der Waals surface area contributed by atoms with Crippen LogP contribution in [0, 0.1) is 11.8 Å². The normalized spacial score (nSPS) is 20.8. The van der Waals surface area contributed by atoms with Crippen LogP contribution >= 0.6 is 0 Å². The molecule has 0 heterocycles. The van der Waals surface area contributed by atoms with E-state index in [1.807, 2.05) is 4.90 Å². The molecule has 0 aromatic rings. The third-order valence-electron chi connectivity index (χ3n) is 3.84. The van der Waals surface area contributed by atoms with Gasteiger partial charge >= 0.3 is 0 Å². The number of methoxy groups -OCH3 is 1. The van der Waals surface area contributed by atoms with Gasteiger partial charge in [0.15, 0.2) is 0 Å². The first-order valence-electron chi connectivity index (χ1n) is 7.24. The van der Waals surface area contributed by atoms with E-state index in [0.717, 1.165) is 37.8 Å². The summed E-state index contributed by atoms with van der Waals surface area (Å²) in [6, 6.07) is -0.336. The highest BCUT2D eigenvalue weighted by Crippen LogP contribution is 2.33. The number of hydrogen-bond acceptors (Lipinski definition) is 3. The second-order valence-electron chi connectivity index (χ2n) is 5.87. The van der Waals surface area contributed by atoms with Crippen molar-refractivity contribution in [3.05, 3.63) is 0 Å². The minimum atomic E-state index is -0.336. The van der Waals surface area contributed by atoms with Crippen molar-refractivity contribution in [1.82, 2.24) is 4.90 Å². The zero-order valence-electron chi connectivity index (χ0n) is 11.4. The Morgan fingerprint density at radius 3 is 2.28 bits per heavy atom. The molecule has 2 aliphatic carbocycles. The summed E-state index contributed by atoms with van der Waals surface area (Å²) in [4.78, 5) is 14.4. The molecule has 104 valence electrons. The summed E-state index contributed by atoms with van der Waals surface area (Å²) in [6.45, 7) is 2.56. The predicted molar refractivity (Wildman–Crippen MR) is 71.1 cm³/mol. The Morgan fingerprint density at radius 2 is 1.83 bits per heavy atom. The van der Waals surface area contributed by atoms with Gasteiger partial charge in [-0.2, -0.15) is 0 Å². The number of carbonyl (C=O) groups is 1. The van der Waals surface area contributed by atoms with Gasteiger partial charge in [0.25, 0.3) is 0 Å². The van der Waals surface area contributed by atoms with Crippen LogP contribution in [0.3, 0.4) is 0 Å². The lowest BCUT2D eigenvalue weighted by atomic mass is 10.1. The average molecular weight is 254 g/mol. The number of ether oxygens (including phenoxy) is 1. The van der Waals surface area contributed by atoms with Crippen molar-refractivity contribution in [2.24, 2.45) is 17.6 Å². The van der Waals surface area contributed by atoms with E-state index in [9.17, 15) is 4.79 Å². The number of nitrogens with zero attached hydrogens (tertiary/aromatic N) is 1. The van der Waals surface area contributed by atoms with Crippen molar-refractivity contribution in [2.75, 3.05) is 26.8 Å². The van der Waals surface area contributed by atoms with Gasteiger partial charge in [0.05, 0.1) is 6.04 Å². The van der Waals surface area contributed by atoms with Crippen molar-refractivity contribution < 1.29 is 9.53 Å². The first kappa shape index (κ1) is 13.8. The van der Waals surface area contributed by atoms with Gasteiger partial charge in [-0.15, -0.1) is 0 Å². The molecular weight excluding hydrogens is 228 g/mol. The lowest BCUT2D eigenvalue weighted by Gasteiger charge is -2.25. The van der Waals surface area contributed by atoms with Crippen LogP contribution in [0.5, 0.6) is 0 Å². The fourth-order valence-electron chi connectivity index (χ4n) is 2.28. The largest absolute Gasteiger partial charge is 0.385 e. The molecule has 4 nitrogen and oxygen atoms in total. The second-order valence-corrected chi connectivity index (χ2v) is 5.87. The molecule has 2 saturated carbocycles. The maximum atomic E-state index is 12.3. The van der Waals surface area contributed by atoms with E-state index in [-0.39, 0.29) is 11.9 Å². The van der Waals surface area contributed by atoms with E-state index in [1.165, 1.54) is 25.7 Å². The standard InChI is InChI=1S/C14H26N2O2/c1-18-8-2-3-13(15)14(17)16(9-11-4-5-11)10-12-6-7-12/h11-13H,2-10,15H2,1H3. The molecule has 4 heteroatoms. The van der Waals surface area contributed by atoms with Crippen LogP contribution in [0.15, 0.2) is 0 Å². The van der Waals surface area contributed by atoms with Crippen LogP contribution in [-0.2, 0) is 9.53 Å². The number of rotatable bonds is 9. The highest BCUT2D eigenvalue weighted by atomic mass is 16.5. The molecule has 0 aliphatic heterocycles. The van der Waals surface area contributed by atoms with Crippen LogP contribution in [0.1, 0.15) is 38.5 Å². The zero-order chi connectivity index (χ0) is 13.0. The van der Waals surface area contributed by atoms with Gasteiger partial charge < -0.3 is 15.4 Å². The minimum absolute atomic E-state index is 0.157. The molecule has 0 aromatic carbocycles. The zero-order valence-corrected chi connectivity index (χ0v) is 11.4. The van der Waals surface area contributed by atoms with Crippen LogP contribution in [0.4, 0.5) is 0 Å². The highest BCUT2D eigenvalue weighted by molar-refractivity contribution is 5.81. The van der Waals surface area contributed by atoms with Crippen molar-refractivity contribution in [1.29, 1.82) is 0 Å². The molecule has 2 rings (SSSR count). The quantitative estimate of drug-likeness (QED) is 0.633. The van der Waals surface area contributed by atoms with Crippen molar-refractivity contribution in [3.8, 4) is 0 Å². The summed E-state index contributed by atoms with van der Waals surface area (Å²) in [5, 5.41) is 0. The number of carbonyl (C=O) groups excluding carboxylic acids is 1. The topological polar surface area (TPSA) is 55.6 Å². The van der Waals surface area contributed by atoms with Gasteiger partial charge in [-0.25, -0.2) is 0 Å². The van der Waals surface area contributed by atoms with Crippen LogP contribution in [-0.4, -0.2) is 43.7 Å². The number of nitrogens with two attached hydrogens (primary N) is 1. The predicted octanol–water partition coefficient (Wildman–Crippen LogP) is 1.39. The fourth-order valence-corrected chi connectivity index (χ4v) is 2.28. The fraction of sp³-hybridized carbons (Fsp3) is 0.929. The molecule has 2 N–H and O–H groups in total. The molecule has 1 unspecified atom stereocenters. The van der Waals surface area contributed by atoms with Crippen molar-refractivity contribution in [2.45, 2.75) is 44.6 Å². The Labute approximate surface area is 110 Å². The SMILES string of the molecule is COCCCC(N)C(=O)N(CC1CC1)CC1CC1. The van der Waals surface area contributed by atoms with Gasteiger partial charge in [0.2, 0.25) is 5.91 Å². The Hall–Kier alpha value is -0.610. The summed E-state index contributed by atoms with van der Waals surface area (Å²) in [6.07, 6.45) is 6.74. The van der Waals surface area contributed by atoms with Gasteiger partial charge in [-0.05, 0) is 50.4 Å². The van der Waals surface area contributed by atoms with E-state index in [4.69, 9.17) is 10.5 Å². The van der Waals surface area contributed by atoms with Gasteiger partial charge in [-0.1, -0.05) is 0 Å². The maximum absolute atomic E-state index is 12.3. The van der Waals surface area contributed by atoms with Crippen molar-refractivity contribution >= 4 is 5.91 Å². The van der Waals surface area contributed by atoms with Crippen LogP contribution in [0.25, 0.3) is 0 Å². The molecule has 0 saturated heterocycles. The Kier molecular flexibility index (Phi) is 5.01. The van der Waals surface area contributed by atoms with Crippen LogP contribution < -0.4 is 5.73 Å². The summed E-state index contributed by atoms with van der Waals surface area (Å²) in [5.41, 5.74) is 6.00. The monoisotopic (exact) mass is 254 g/mol. The molecule has 0 bridgehead atoms. The van der Waals surface area contributed by atoms with E-state index in [1.54, 1.807) is 7.11 Å². The molecule has 0 spiro atoms. The Morgan fingerprint density at radius 1 is 1.28 bits per heavy atom. The third kappa shape index (κ3) is 4.58. The summed E-state index contributed by atoms with van der Waals surface area (Å²) >= 11 is 0. The molecule has 2 aliphatic rings. The number of amides is 1. The summed E-state index contributed by atoms with van der Waals surface area (Å²) in [5.74, 6) is 1.66. The first-order valence-corrected chi connectivity index (χ1v) is 7.24. The smallest absolute Gasteiger partial charge is 0.239 e. The molecule has 0 aromatic heterocycles. The van der Waals surface area contributed by atoms with Gasteiger partial charge in [0.1, 0.15) is 0 Å². The Balaban J connectivity index is 1.76. The summed E-state index contributed by atoms with van der Waals surface area (Å²) in [7, 11) is 1.68. The van der Waals surface area contributed by atoms with Gasteiger partial charge in [-0.3, -0.25) is 4.79 Å². The second kappa shape index (κ2) is 6.53. The molecule has 1 amide bonds. The summed E-state index contributed by atoms with van der Waals surface area (Å²) < 4.78 is 5.00. The van der Waals surface area contributed by atoms with E-state index in [0.29, 0.717) is 6.61 Å². The molecule has 0 radical (unpaired) electrons. The van der Waals surface area contributed by atoms with Crippen molar-refractivity contribution in [3.63, 3.8) is 0 Å². The molecule has 1 atom stereocenters. The Bertz CT molecular complexity index is 261. The molecular formula is C14H26N2O2. The first-order chi connectivity index (χ1) is 8.70. The highest BCUT2D eigenvalue weighted by Gasteiger charge is 2.32. The van der Waals surface area contributed by atoms with E-state index in [2.05, 4.69) is 0 Å². The van der Waals surface area contributed by atoms with Crippen LogP contribution in [0.2, 0.25) is 0 Å².